The lowest BCUT2D eigenvalue weighted by Crippen LogP contribution is -2.45. The monoisotopic (exact) mass is 486 g/mol. The molecule has 0 atom stereocenters. The fraction of sp³-hybridized carbons (Fsp3) is 0.379. The number of piperidine rings is 1. The van der Waals surface area contributed by atoms with Gasteiger partial charge < -0.3 is 14.4 Å². The summed E-state index contributed by atoms with van der Waals surface area (Å²) in [4.78, 5) is 44.7. The summed E-state index contributed by atoms with van der Waals surface area (Å²) in [6, 6.07) is 9.16. The van der Waals surface area contributed by atoms with Crippen LogP contribution in [0.5, 0.6) is 0 Å². The summed E-state index contributed by atoms with van der Waals surface area (Å²) in [5.74, 6) is 6.12. The van der Waals surface area contributed by atoms with Gasteiger partial charge in [0.25, 0.3) is 5.91 Å². The summed E-state index contributed by atoms with van der Waals surface area (Å²) in [7, 11) is 1.25. The maximum absolute atomic E-state index is 13.7. The standard InChI is InChI=1S/C29H30N2O5/c1-5-8-21-15-19(2)25(20(3)16-21)26-23(32)17-29(18-24(26)36-28(34)35-4)10-13-31(14-11-29)27(33)22-9-6-7-12-30-22/h6-7,9,12,15-16H,10-11,13-14,17-18H2,1-4H3. The smallest absolute Gasteiger partial charge is 0.437 e. The van der Waals surface area contributed by atoms with Gasteiger partial charge in [0, 0.05) is 37.7 Å². The van der Waals surface area contributed by atoms with E-state index in [0.29, 0.717) is 55.8 Å². The zero-order valence-electron chi connectivity index (χ0n) is 21.1. The van der Waals surface area contributed by atoms with Gasteiger partial charge in [0.15, 0.2) is 5.78 Å². The van der Waals surface area contributed by atoms with Crippen molar-refractivity contribution in [3.63, 3.8) is 0 Å². The summed E-state index contributed by atoms with van der Waals surface area (Å²) < 4.78 is 10.4. The van der Waals surface area contributed by atoms with E-state index in [4.69, 9.17) is 9.47 Å². The molecule has 2 aliphatic rings. The van der Waals surface area contributed by atoms with Crippen LogP contribution < -0.4 is 0 Å². The molecule has 0 N–H and O–H groups in total. The summed E-state index contributed by atoms with van der Waals surface area (Å²) >= 11 is 0. The van der Waals surface area contributed by atoms with Gasteiger partial charge in [0.05, 0.1) is 12.7 Å². The highest BCUT2D eigenvalue weighted by molar-refractivity contribution is 6.23. The van der Waals surface area contributed by atoms with E-state index in [-0.39, 0.29) is 17.1 Å². The number of methoxy groups -OCH3 is 1. The molecule has 0 unspecified atom stereocenters. The average Bonchev–Trinajstić information content (AvgIpc) is 2.86. The van der Waals surface area contributed by atoms with E-state index in [1.54, 1.807) is 36.2 Å². The number of carbonyl (C=O) groups is 3. The van der Waals surface area contributed by atoms with E-state index < -0.39 is 6.16 Å². The van der Waals surface area contributed by atoms with Crippen molar-refractivity contribution in [3.8, 4) is 11.8 Å². The van der Waals surface area contributed by atoms with E-state index in [9.17, 15) is 14.4 Å². The molecule has 7 heteroatoms. The molecule has 2 heterocycles. The molecule has 7 nitrogen and oxygen atoms in total. The first kappa shape index (κ1) is 25.2. The van der Waals surface area contributed by atoms with Crippen LogP contribution in [0.1, 0.15) is 65.3 Å². The number of pyridine rings is 1. The molecule has 186 valence electrons. The van der Waals surface area contributed by atoms with Crippen molar-refractivity contribution in [3.05, 3.63) is 70.2 Å². The van der Waals surface area contributed by atoms with Gasteiger partial charge in [0.2, 0.25) is 0 Å². The number of Topliss-reactive ketones (excluding diaryl/α,β-unsaturated/α-hetero) is 1. The average molecular weight is 487 g/mol. The minimum Gasteiger partial charge on any atom is -0.437 e. The molecule has 1 fully saturated rings. The zero-order chi connectivity index (χ0) is 25.9. The Morgan fingerprint density at radius 1 is 1.08 bits per heavy atom. The summed E-state index contributed by atoms with van der Waals surface area (Å²) in [6.07, 6.45) is 2.76. The van der Waals surface area contributed by atoms with Gasteiger partial charge in [-0.1, -0.05) is 12.0 Å². The second-order valence-corrected chi connectivity index (χ2v) is 9.50. The van der Waals surface area contributed by atoms with Crippen molar-refractivity contribution < 1.29 is 23.9 Å². The molecule has 36 heavy (non-hydrogen) atoms. The molecule has 1 aliphatic heterocycles. The van der Waals surface area contributed by atoms with Crippen LogP contribution in [0.2, 0.25) is 0 Å². The number of benzene rings is 1. The Balaban J connectivity index is 1.65. The molecule has 0 saturated carbocycles. The van der Waals surface area contributed by atoms with Crippen LogP contribution in [0.3, 0.4) is 0 Å². The molecule has 0 bridgehead atoms. The van der Waals surface area contributed by atoms with Gasteiger partial charge in [0.1, 0.15) is 11.5 Å². The Bertz CT molecular complexity index is 1270. The van der Waals surface area contributed by atoms with Crippen LogP contribution in [-0.4, -0.2) is 47.9 Å². The summed E-state index contributed by atoms with van der Waals surface area (Å²) in [6.45, 7) is 6.66. The largest absolute Gasteiger partial charge is 0.513 e. The molecule has 4 rings (SSSR count). The van der Waals surface area contributed by atoms with Gasteiger partial charge in [-0.2, -0.15) is 0 Å². The predicted octanol–water partition coefficient (Wildman–Crippen LogP) is 4.85. The fourth-order valence-corrected chi connectivity index (χ4v) is 5.35. The van der Waals surface area contributed by atoms with Gasteiger partial charge in [-0.05, 0) is 80.0 Å². The first-order valence-electron chi connectivity index (χ1n) is 12.0. The number of amides is 1. The van der Waals surface area contributed by atoms with Crippen molar-refractivity contribution in [1.29, 1.82) is 0 Å². The number of allylic oxidation sites excluding steroid dienone is 2. The quantitative estimate of drug-likeness (QED) is 0.455. The van der Waals surface area contributed by atoms with Gasteiger partial charge >= 0.3 is 6.16 Å². The highest BCUT2D eigenvalue weighted by Gasteiger charge is 2.45. The SMILES string of the molecule is CC#Cc1cc(C)c(C2=C(OC(=O)OC)CC3(CCN(C(=O)c4ccccn4)CC3)CC2=O)c(C)c1. The van der Waals surface area contributed by atoms with Crippen molar-refractivity contribution in [1.82, 2.24) is 9.88 Å². The van der Waals surface area contributed by atoms with Crippen LogP contribution in [0.15, 0.2) is 42.3 Å². The van der Waals surface area contributed by atoms with E-state index in [1.807, 2.05) is 26.0 Å². The number of rotatable bonds is 3. The molecule has 1 aromatic heterocycles. The first-order chi connectivity index (χ1) is 17.3. The maximum Gasteiger partial charge on any atom is 0.513 e. The van der Waals surface area contributed by atoms with Crippen LogP contribution in [0.4, 0.5) is 4.79 Å². The number of ether oxygens (including phenoxy) is 2. The number of likely N-dealkylation sites (tertiary alicyclic amines) is 1. The van der Waals surface area contributed by atoms with E-state index in [1.165, 1.54) is 7.11 Å². The third-order valence-corrected chi connectivity index (χ3v) is 7.05. The third kappa shape index (κ3) is 5.03. The molecule has 1 amide bonds. The van der Waals surface area contributed by atoms with Crippen LogP contribution >= 0.6 is 0 Å². The van der Waals surface area contributed by atoms with E-state index >= 15 is 0 Å². The number of ketones is 1. The Morgan fingerprint density at radius 3 is 2.36 bits per heavy atom. The topological polar surface area (TPSA) is 85.8 Å². The fourth-order valence-electron chi connectivity index (χ4n) is 5.35. The van der Waals surface area contributed by atoms with Crippen LogP contribution in [-0.2, 0) is 14.3 Å². The van der Waals surface area contributed by atoms with E-state index in [2.05, 4.69) is 16.8 Å². The van der Waals surface area contributed by atoms with Gasteiger partial charge in [-0.25, -0.2) is 4.79 Å². The number of nitrogens with zero attached hydrogens (tertiary/aromatic N) is 2. The van der Waals surface area contributed by atoms with E-state index in [0.717, 1.165) is 22.3 Å². The van der Waals surface area contributed by atoms with Crippen molar-refractivity contribution in [2.75, 3.05) is 20.2 Å². The van der Waals surface area contributed by atoms with Gasteiger partial charge in [-0.3, -0.25) is 14.6 Å². The second-order valence-electron chi connectivity index (χ2n) is 9.50. The molecule has 1 saturated heterocycles. The summed E-state index contributed by atoms with van der Waals surface area (Å²) in [5.41, 5.74) is 3.90. The van der Waals surface area contributed by atoms with Gasteiger partial charge in [-0.15, -0.1) is 5.92 Å². The summed E-state index contributed by atoms with van der Waals surface area (Å²) in [5, 5.41) is 0. The lowest BCUT2D eigenvalue weighted by atomic mass is 9.66. The first-order valence-corrected chi connectivity index (χ1v) is 12.0. The Morgan fingerprint density at radius 2 is 1.78 bits per heavy atom. The molecule has 2 aromatic rings. The molecular formula is C29H30N2O5. The number of aromatic nitrogens is 1. The number of carbonyl (C=O) groups excluding carboxylic acids is 3. The van der Waals surface area contributed by atoms with Crippen LogP contribution in [0.25, 0.3) is 5.57 Å². The van der Waals surface area contributed by atoms with Crippen LogP contribution in [0, 0.1) is 31.1 Å². The maximum atomic E-state index is 13.7. The number of aryl methyl sites for hydroxylation is 2. The predicted molar refractivity (Wildman–Crippen MR) is 135 cm³/mol. The zero-order valence-corrected chi connectivity index (χ0v) is 21.1. The molecular weight excluding hydrogens is 456 g/mol. The van der Waals surface area contributed by atoms with Crippen molar-refractivity contribution in [2.24, 2.45) is 5.41 Å². The normalized spacial score (nSPS) is 16.9. The Hall–Kier alpha value is -3.92. The number of hydrogen-bond acceptors (Lipinski definition) is 6. The second kappa shape index (κ2) is 10.4. The minimum absolute atomic E-state index is 0.0646. The lowest BCUT2D eigenvalue weighted by Gasteiger charge is -2.44. The molecule has 1 spiro atoms. The molecule has 0 radical (unpaired) electrons. The van der Waals surface area contributed by atoms with Crippen molar-refractivity contribution >= 4 is 23.4 Å². The Labute approximate surface area is 211 Å². The highest BCUT2D eigenvalue weighted by atomic mass is 16.7. The minimum atomic E-state index is -0.848. The Kier molecular flexibility index (Phi) is 7.25. The van der Waals surface area contributed by atoms with Crippen molar-refractivity contribution in [2.45, 2.75) is 46.5 Å². The highest BCUT2D eigenvalue weighted by Crippen LogP contribution is 2.48. The lowest BCUT2D eigenvalue weighted by molar-refractivity contribution is -0.117. The molecule has 1 aromatic carbocycles. The molecule has 1 aliphatic carbocycles. The third-order valence-electron chi connectivity index (χ3n) is 7.05. The number of hydrogen-bond donors (Lipinski definition) is 0.